The molecule has 0 bridgehead atoms. The molecule has 0 aliphatic rings. The second kappa shape index (κ2) is 6.20. The summed E-state index contributed by atoms with van der Waals surface area (Å²) in [5.41, 5.74) is 0. The molecule has 10 heteroatoms. The predicted octanol–water partition coefficient (Wildman–Crippen LogP) is 1.65. The molecule has 0 aromatic rings. The predicted molar refractivity (Wildman–Crippen MR) is 59.3 cm³/mol. The van der Waals surface area contributed by atoms with Gasteiger partial charge in [-0.1, -0.05) is 34.8 Å². The van der Waals surface area contributed by atoms with E-state index >= 15 is 0 Å². The number of hydrogen-bond donors (Lipinski definition) is 1. The fourth-order valence-corrected chi connectivity index (χ4v) is 1.21. The lowest BCUT2D eigenvalue weighted by Gasteiger charge is -2.11. The molecule has 0 aliphatic heterocycles. The lowest BCUT2D eigenvalue weighted by molar-refractivity contribution is 0.149. The van der Waals surface area contributed by atoms with Crippen molar-refractivity contribution < 1.29 is 17.9 Å². The number of alkyl halides is 3. The Kier molecular flexibility index (Phi) is 6.36. The summed E-state index contributed by atoms with van der Waals surface area (Å²) in [7, 11) is 1.24. The number of ether oxygens (including phenoxy) is 1. The molecular formula is C5H7Cl4NO4S. The highest BCUT2D eigenvalue weighted by atomic mass is 35.7. The minimum atomic E-state index is -3.64. The number of halogens is 4. The second-order valence-electron chi connectivity index (χ2n) is 2.36. The average molecular weight is 319 g/mol. The Bertz CT molecular complexity index is 311. The maximum atomic E-state index is 10.8. The molecule has 0 atom stereocenters. The van der Waals surface area contributed by atoms with Crippen LogP contribution < -0.4 is 5.32 Å². The van der Waals surface area contributed by atoms with Crippen molar-refractivity contribution in [1.82, 2.24) is 5.32 Å². The lowest BCUT2D eigenvalue weighted by atomic mass is 10.7. The highest BCUT2D eigenvalue weighted by Gasteiger charge is 2.22. The van der Waals surface area contributed by atoms with Crippen molar-refractivity contribution in [3.8, 4) is 0 Å². The molecule has 1 N–H and O–H groups in total. The van der Waals surface area contributed by atoms with Crippen LogP contribution in [0.25, 0.3) is 0 Å². The van der Waals surface area contributed by atoms with Crippen LogP contribution in [-0.2, 0) is 13.8 Å². The summed E-state index contributed by atoms with van der Waals surface area (Å²) in [5.74, 6) is -0.405. The van der Waals surface area contributed by atoms with E-state index in [1.54, 1.807) is 0 Å². The molecule has 0 fully saturated rings. The largest absolute Gasteiger partial charge is 0.445 e. The zero-order valence-corrected chi connectivity index (χ0v) is 11.0. The summed E-state index contributed by atoms with van der Waals surface area (Å²) in [5, 5.41) is 2.11. The molecule has 0 unspecified atom stereocenters. The van der Waals surface area contributed by atoms with Gasteiger partial charge in [0.25, 0.3) is 0 Å². The lowest BCUT2D eigenvalue weighted by Crippen LogP contribution is -2.31. The number of hydrogen-bond acceptors (Lipinski definition) is 4. The molecule has 15 heavy (non-hydrogen) atoms. The van der Waals surface area contributed by atoms with E-state index in [0.29, 0.717) is 0 Å². The normalized spacial score (nSPS) is 12.3. The molecule has 0 saturated heterocycles. The van der Waals surface area contributed by atoms with Gasteiger partial charge in [-0.25, -0.2) is 13.2 Å². The first-order valence-corrected chi connectivity index (χ1v) is 7.11. The van der Waals surface area contributed by atoms with Crippen LogP contribution in [0.4, 0.5) is 4.79 Å². The van der Waals surface area contributed by atoms with Gasteiger partial charge in [-0.2, -0.15) is 0 Å². The first kappa shape index (κ1) is 15.4. The van der Waals surface area contributed by atoms with Gasteiger partial charge in [0.2, 0.25) is 12.8 Å². The van der Waals surface area contributed by atoms with Crippen LogP contribution in [0.1, 0.15) is 0 Å². The van der Waals surface area contributed by atoms with Crippen molar-refractivity contribution in [2.24, 2.45) is 0 Å². The minimum Gasteiger partial charge on any atom is -0.445 e. The molecule has 0 aliphatic carbocycles. The van der Waals surface area contributed by atoms with Gasteiger partial charge in [-0.3, -0.25) is 0 Å². The molecule has 0 aromatic heterocycles. The van der Waals surface area contributed by atoms with Crippen molar-refractivity contribution in [3.05, 3.63) is 0 Å². The summed E-state index contributed by atoms with van der Waals surface area (Å²) >= 11 is 15.9. The minimum absolute atomic E-state index is 0.176. The van der Waals surface area contributed by atoms with E-state index in [2.05, 4.69) is 10.1 Å². The summed E-state index contributed by atoms with van der Waals surface area (Å²) in [6.45, 7) is -0.609. The van der Waals surface area contributed by atoms with Crippen LogP contribution in [0.5, 0.6) is 0 Å². The van der Waals surface area contributed by atoms with Crippen LogP contribution in [0, 0.1) is 0 Å². The van der Waals surface area contributed by atoms with Crippen molar-refractivity contribution in [2.45, 2.75) is 3.79 Å². The molecular weight excluding hydrogens is 312 g/mol. The monoisotopic (exact) mass is 317 g/mol. The number of rotatable bonds is 4. The molecule has 0 spiro atoms. The van der Waals surface area contributed by atoms with Crippen molar-refractivity contribution in [3.63, 3.8) is 0 Å². The average Bonchev–Trinajstić information content (AvgIpc) is 1.97. The van der Waals surface area contributed by atoms with E-state index < -0.39 is 31.3 Å². The summed E-state index contributed by atoms with van der Waals surface area (Å²) in [6, 6.07) is 0. The van der Waals surface area contributed by atoms with Gasteiger partial charge in [0, 0.05) is 17.2 Å². The van der Waals surface area contributed by atoms with Gasteiger partial charge in [-0.05, 0) is 0 Å². The van der Waals surface area contributed by atoms with Gasteiger partial charge in [0.05, 0.1) is 5.75 Å². The topological polar surface area (TPSA) is 72.5 Å². The van der Waals surface area contributed by atoms with E-state index in [1.165, 1.54) is 0 Å². The molecule has 0 heterocycles. The van der Waals surface area contributed by atoms with Gasteiger partial charge in [0.15, 0.2) is 0 Å². The maximum absolute atomic E-state index is 10.8. The Hall–Kier alpha value is 0.380. The molecule has 90 valence electrons. The SMILES string of the molecule is O=C(NCCS(=O)(=O)Cl)OCC(Cl)(Cl)Cl. The third kappa shape index (κ3) is 12.3. The van der Waals surface area contributed by atoms with Gasteiger partial charge >= 0.3 is 6.09 Å². The van der Waals surface area contributed by atoms with E-state index in [-0.39, 0.29) is 6.54 Å². The summed E-state index contributed by atoms with van der Waals surface area (Å²) in [4.78, 5) is 10.8. The molecule has 0 saturated carbocycles. The van der Waals surface area contributed by atoms with Crippen LogP contribution in [-0.4, -0.2) is 37.2 Å². The standard InChI is InChI=1S/C5H7Cl4NO4S/c6-5(7,8)3-14-4(11)10-1-2-15(9,12)13/h1-3H2,(H,10,11). The highest BCUT2D eigenvalue weighted by molar-refractivity contribution is 8.13. The first-order chi connectivity index (χ1) is 6.60. The first-order valence-electron chi connectivity index (χ1n) is 3.50. The molecule has 1 amide bonds. The van der Waals surface area contributed by atoms with E-state index in [4.69, 9.17) is 45.5 Å². The van der Waals surface area contributed by atoms with Crippen LogP contribution in [0.15, 0.2) is 0 Å². The van der Waals surface area contributed by atoms with Crippen molar-refractivity contribution >= 4 is 60.6 Å². The van der Waals surface area contributed by atoms with Crippen LogP contribution in [0.3, 0.4) is 0 Å². The molecule has 0 radical (unpaired) electrons. The van der Waals surface area contributed by atoms with Gasteiger partial charge in [0.1, 0.15) is 6.61 Å². The number of alkyl carbamates (subject to hydrolysis) is 1. The van der Waals surface area contributed by atoms with Crippen molar-refractivity contribution in [1.29, 1.82) is 0 Å². The Balaban J connectivity index is 3.69. The smallest absolute Gasteiger partial charge is 0.407 e. The zero-order chi connectivity index (χ0) is 12.1. The number of carbonyl (C=O) groups excluding carboxylic acids is 1. The fraction of sp³-hybridized carbons (Fsp3) is 0.800. The quantitative estimate of drug-likeness (QED) is 0.632. The number of carbonyl (C=O) groups is 1. The molecule has 0 aromatic carbocycles. The Morgan fingerprint density at radius 2 is 1.87 bits per heavy atom. The summed E-state index contributed by atoms with van der Waals surface area (Å²) < 4.78 is 23.6. The Labute approximate surface area is 106 Å². The Morgan fingerprint density at radius 3 is 2.27 bits per heavy atom. The van der Waals surface area contributed by atoms with Gasteiger partial charge < -0.3 is 10.1 Å². The fourth-order valence-electron chi connectivity index (χ4n) is 0.473. The van der Waals surface area contributed by atoms with Gasteiger partial charge in [-0.15, -0.1) is 0 Å². The maximum Gasteiger partial charge on any atom is 0.407 e. The van der Waals surface area contributed by atoms with Crippen molar-refractivity contribution in [2.75, 3.05) is 18.9 Å². The van der Waals surface area contributed by atoms with E-state index in [0.717, 1.165) is 0 Å². The zero-order valence-electron chi connectivity index (χ0n) is 7.17. The third-order valence-corrected chi connectivity index (χ3v) is 2.46. The summed E-state index contributed by atoms with van der Waals surface area (Å²) in [6.07, 6.45) is -0.887. The number of nitrogens with one attached hydrogen (secondary N) is 1. The molecule has 5 nitrogen and oxygen atoms in total. The molecule has 0 rings (SSSR count). The van der Waals surface area contributed by atoms with E-state index in [1.807, 2.05) is 0 Å². The van der Waals surface area contributed by atoms with Crippen LogP contribution in [0.2, 0.25) is 0 Å². The second-order valence-corrected chi connectivity index (χ2v) is 7.77. The van der Waals surface area contributed by atoms with Crippen LogP contribution >= 0.6 is 45.5 Å². The highest BCUT2D eigenvalue weighted by Crippen LogP contribution is 2.25. The third-order valence-electron chi connectivity index (χ3n) is 0.982. The Morgan fingerprint density at radius 1 is 1.33 bits per heavy atom. The van der Waals surface area contributed by atoms with E-state index in [9.17, 15) is 13.2 Å². The number of amides is 1.